The van der Waals surface area contributed by atoms with Gasteiger partial charge in [0.2, 0.25) is 5.91 Å². The van der Waals surface area contributed by atoms with Gasteiger partial charge in [-0.3, -0.25) is 4.79 Å². The summed E-state index contributed by atoms with van der Waals surface area (Å²) in [5.41, 5.74) is 4.37. The normalized spacial score (nSPS) is 10.6. The minimum absolute atomic E-state index is 0.113. The van der Waals surface area contributed by atoms with Crippen molar-refractivity contribution in [3.05, 3.63) is 83.7 Å². The Bertz CT molecular complexity index is 790. The van der Waals surface area contributed by atoms with Gasteiger partial charge < -0.3 is 4.90 Å². The predicted molar refractivity (Wildman–Crippen MR) is 94.9 cm³/mol. The molecule has 3 rings (SSSR count). The molecule has 4 heteroatoms. The molecule has 1 amide bonds. The number of carbonyl (C=O) groups excluding carboxylic acids is 1. The molecule has 0 aliphatic rings. The molecule has 0 aliphatic carbocycles. The summed E-state index contributed by atoms with van der Waals surface area (Å²) in [5.74, 6) is 0.113. The Morgan fingerprint density at radius 1 is 1.04 bits per heavy atom. The Morgan fingerprint density at radius 3 is 2.33 bits per heavy atom. The highest BCUT2D eigenvalue weighted by molar-refractivity contribution is 5.78. The molecule has 2 aromatic carbocycles. The number of aryl methyl sites for hydroxylation is 1. The maximum atomic E-state index is 12.4. The van der Waals surface area contributed by atoms with Crippen molar-refractivity contribution in [2.75, 3.05) is 7.05 Å². The van der Waals surface area contributed by atoms with Crippen LogP contribution in [0, 0.1) is 6.92 Å². The highest BCUT2D eigenvalue weighted by atomic mass is 16.2. The number of nitrogens with zero attached hydrogens (tertiary/aromatic N) is 3. The van der Waals surface area contributed by atoms with E-state index in [1.165, 1.54) is 5.56 Å². The number of carbonyl (C=O) groups is 1. The van der Waals surface area contributed by atoms with Crippen LogP contribution >= 0.6 is 0 Å². The fraction of sp³-hybridized carbons (Fsp3) is 0.200. The van der Waals surface area contributed by atoms with Gasteiger partial charge in [-0.05, 0) is 36.2 Å². The van der Waals surface area contributed by atoms with Crippen molar-refractivity contribution in [3.63, 3.8) is 0 Å². The maximum absolute atomic E-state index is 12.4. The van der Waals surface area contributed by atoms with Crippen molar-refractivity contribution in [2.45, 2.75) is 19.9 Å². The largest absolute Gasteiger partial charge is 0.341 e. The Kier molecular flexibility index (Phi) is 4.75. The number of hydrogen-bond acceptors (Lipinski definition) is 2. The van der Waals surface area contributed by atoms with Crippen LogP contribution in [0.25, 0.3) is 5.69 Å². The van der Waals surface area contributed by atoms with Crippen molar-refractivity contribution < 1.29 is 4.79 Å². The van der Waals surface area contributed by atoms with Gasteiger partial charge in [-0.2, -0.15) is 5.10 Å². The first-order valence-corrected chi connectivity index (χ1v) is 8.00. The summed E-state index contributed by atoms with van der Waals surface area (Å²) in [6.07, 6.45) is 4.05. The van der Waals surface area contributed by atoms with E-state index in [2.05, 4.69) is 36.3 Å². The first kappa shape index (κ1) is 16.0. The smallest absolute Gasteiger partial charge is 0.227 e. The monoisotopic (exact) mass is 319 g/mol. The second kappa shape index (κ2) is 7.13. The van der Waals surface area contributed by atoms with Gasteiger partial charge in [-0.15, -0.1) is 0 Å². The summed E-state index contributed by atoms with van der Waals surface area (Å²) < 4.78 is 1.80. The lowest BCUT2D eigenvalue weighted by Gasteiger charge is -2.17. The second-order valence-electron chi connectivity index (χ2n) is 6.03. The van der Waals surface area contributed by atoms with E-state index in [-0.39, 0.29) is 5.91 Å². The van der Waals surface area contributed by atoms with Crippen molar-refractivity contribution in [1.82, 2.24) is 14.7 Å². The molecule has 0 unspecified atom stereocenters. The molecule has 3 aromatic rings. The van der Waals surface area contributed by atoms with Crippen molar-refractivity contribution in [1.29, 1.82) is 0 Å². The topological polar surface area (TPSA) is 38.1 Å². The molecule has 0 spiro atoms. The third-order valence-electron chi connectivity index (χ3n) is 4.03. The van der Waals surface area contributed by atoms with Crippen LogP contribution in [0.2, 0.25) is 0 Å². The first-order valence-electron chi connectivity index (χ1n) is 8.00. The van der Waals surface area contributed by atoms with E-state index in [1.54, 1.807) is 15.8 Å². The van der Waals surface area contributed by atoms with E-state index in [4.69, 9.17) is 0 Å². The van der Waals surface area contributed by atoms with Crippen LogP contribution in [0.3, 0.4) is 0 Å². The molecule has 0 fully saturated rings. The lowest BCUT2D eigenvalue weighted by molar-refractivity contribution is -0.129. The number of benzene rings is 2. The fourth-order valence-corrected chi connectivity index (χ4v) is 2.55. The van der Waals surface area contributed by atoms with Crippen LogP contribution in [0.4, 0.5) is 0 Å². The van der Waals surface area contributed by atoms with Crippen LogP contribution in [0.15, 0.2) is 67.0 Å². The number of hydrogen-bond donors (Lipinski definition) is 0. The van der Waals surface area contributed by atoms with Gasteiger partial charge in [-0.25, -0.2) is 4.68 Å². The summed E-state index contributed by atoms with van der Waals surface area (Å²) >= 11 is 0. The van der Waals surface area contributed by atoms with E-state index in [0.717, 1.165) is 16.8 Å². The molecular weight excluding hydrogens is 298 g/mol. The molecule has 1 aromatic heterocycles. The van der Waals surface area contributed by atoms with E-state index in [9.17, 15) is 4.79 Å². The third kappa shape index (κ3) is 3.90. The number of likely N-dealkylation sites (N-methyl/N-ethyl adjacent to an activating group) is 1. The van der Waals surface area contributed by atoms with Crippen molar-refractivity contribution in [2.24, 2.45) is 0 Å². The third-order valence-corrected chi connectivity index (χ3v) is 4.03. The molecule has 0 N–H and O–H groups in total. The molecule has 0 bridgehead atoms. The van der Waals surface area contributed by atoms with Gasteiger partial charge >= 0.3 is 0 Å². The highest BCUT2D eigenvalue weighted by Crippen LogP contribution is 2.11. The molecule has 0 aliphatic heterocycles. The summed E-state index contributed by atoms with van der Waals surface area (Å²) in [6, 6.07) is 18.1. The lowest BCUT2D eigenvalue weighted by atomic mass is 10.1. The highest BCUT2D eigenvalue weighted by Gasteiger charge is 2.10. The van der Waals surface area contributed by atoms with Crippen LogP contribution in [-0.2, 0) is 17.8 Å². The van der Waals surface area contributed by atoms with Crippen LogP contribution in [0.1, 0.15) is 16.7 Å². The quantitative estimate of drug-likeness (QED) is 0.723. The maximum Gasteiger partial charge on any atom is 0.227 e. The summed E-state index contributed by atoms with van der Waals surface area (Å²) in [5, 5.41) is 4.20. The molecule has 0 saturated carbocycles. The van der Waals surface area contributed by atoms with Crippen LogP contribution in [0.5, 0.6) is 0 Å². The van der Waals surface area contributed by atoms with Gasteiger partial charge in [0.15, 0.2) is 0 Å². The minimum atomic E-state index is 0.113. The zero-order chi connectivity index (χ0) is 16.9. The van der Waals surface area contributed by atoms with Crippen molar-refractivity contribution in [3.8, 4) is 5.69 Å². The molecule has 24 heavy (non-hydrogen) atoms. The Hall–Kier alpha value is -2.88. The van der Waals surface area contributed by atoms with E-state index in [1.807, 2.05) is 43.6 Å². The van der Waals surface area contributed by atoms with Gasteiger partial charge in [0.05, 0.1) is 12.1 Å². The van der Waals surface area contributed by atoms with Crippen LogP contribution < -0.4 is 0 Å². The lowest BCUT2D eigenvalue weighted by Crippen LogP contribution is -2.27. The van der Waals surface area contributed by atoms with E-state index >= 15 is 0 Å². The Morgan fingerprint density at radius 2 is 1.71 bits per heavy atom. The second-order valence-corrected chi connectivity index (χ2v) is 6.03. The summed E-state index contributed by atoms with van der Waals surface area (Å²) in [7, 11) is 1.85. The fourth-order valence-electron chi connectivity index (χ4n) is 2.55. The first-order chi connectivity index (χ1) is 11.6. The predicted octanol–water partition coefficient (Wildman–Crippen LogP) is 3.38. The summed E-state index contributed by atoms with van der Waals surface area (Å²) in [4.78, 5) is 14.2. The van der Waals surface area contributed by atoms with Crippen LogP contribution in [-0.4, -0.2) is 27.6 Å². The number of aromatic nitrogens is 2. The van der Waals surface area contributed by atoms with Gasteiger partial charge in [0, 0.05) is 26.0 Å². The Balaban J connectivity index is 1.60. The molecule has 4 nitrogen and oxygen atoms in total. The summed E-state index contributed by atoms with van der Waals surface area (Å²) in [6.45, 7) is 2.69. The molecule has 0 atom stereocenters. The van der Waals surface area contributed by atoms with Crippen molar-refractivity contribution >= 4 is 5.91 Å². The zero-order valence-electron chi connectivity index (χ0n) is 14.0. The van der Waals surface area contributed by atoms with E-state index < -0.39 is 0 Å². The average Bonchev–Trinajstić information content (AvgIpc) is 3.12. The minimum Gasteiger partial charge on any atom is -0.341 e. The van der Waals surface area contributed by atoms with E-state index in [0.29, 0.717) is 13.0 Å². The molecular formula is C20H21N3O. The Labute approximate surface area is 142 Å². The average molecular weight is 319 g/mol. The standard InChI is InChI=1S/C20H21N3O/c1-16-4-6-18(7-5-16)15-22(2)20(24)14-17-8-10-19(11-9-17)23-13-3-12-21-23/h3-13H,14-15H2,1-2H3. The van der Waals surface area contributed by atoms with Gasteiger partial charge in [0.1, 0.15) is 0 Å². The van der Waals surface area contributed by atoms with Gasteiger partial charge in [-0.1, -0.05) is 42.0 Å². The molecule has 0 saturated heterocycles. The molecule has 0 radical (unpaired) electrons. The number of rotatable bonds is 5. The van der Waals surface area contributed by atoms with Gasteiger partial charge in [0.25, 0.3) is 0 Å². The number of amides is 1. The molecule has 122 valence electrons. The zero-order valence-corrected chi connectivity index (χ0v) is 14.0. The molecule has 1 heterocycles. The SMILES string of the molecule is Cc1ccc(CN(C)C(=O)Cc2ccc(-n3cccn3)cc2)cc1.